The van der Waals surface area contributed by atoms with Crippen LogP contribution in [0, 0.1) is 5.82 Å². The van der Waals surface area contributed by atoms with Gasteiger partial charge in [0.25, 0.3) is 0 Å². The Morgan fingerprint density at radius 2 is 1.96 bits per heavy atom. The molecule has 0 unspecified atom stereocenters. The molecule has 0 spiro atoms. The minimum absolute atomic E-state index is 0.0955. The van der Waals surface area contributed by atoms with Gasteiger partial charge >= 0.3 is 0 Å². The molecule has 124 valence electrons. The maximum Gasteiger partial charge on any atom is 0.224 e. The number of ether oxygens (including phenoxy) is 2. The van der Waals surface area contributed by atoms with E-state index in [0.29, 0.717) is 30.2 Å². The highest BCUT2D eigenvalue weighted by molar-refractivity contribution is 5.83. The third kappa shape index (κ3) is 3.76. The lowest BCUT2D eigenvalue weighted by Crippen LogP contribution is -2.07. The van der Waals surface area contributed by atoms with E-state index in [4.69, 9.17) is 9.47 Å². The van der Waals surface area contributed by atoms with Crippen LogP contribution in [0.3, 0.4) is 0 Å². The van der Waals surface area contributed by atoms with Gasteiger partial charge in [-0.1, -0.05) is 12.1 Å². The average molecular weight is 327 g/mol. The van der Waals surface area contributed by atoms with Gasteiger partial charge in [-0.15, -0.1) is 0 Å². The van der Waals surface area contributed by atoms with Crippen molar-refractivity contribution in [1.29, 1.82) is 0 Å². The molecule has 0 radical (unpaired) electrons. The van der Waals surface area contributed by atoms with Crippen molar-refractivity contribution in [1.82, 2.24) is 15.0 Å². The summed E-state index contributed by atoms with van der Waals surface area (Å²) in [5, 5.41) is 0.566. The van der Waals surface area contributed by atoms with E-state index in [1.165, 1.54) is 12.4 Å². The second-order valence-electron chi connectivity index (χ2n) is 5.58. The van der Waals surface area contributed by atoms with Crippen LogP contribution in [0.1, 0.15) is 19.4 Å². The van der Waals surface area contributed by atoms with Crippen LogP contribution >= 0.6 is 0 Å². The number of hydrogen-bond donors (Lipinski definition) is 0. The summed E-state index contributed by atoms with van der Waals surface area (Å²) < 4.78 is 24.9. The van der Waals surface area contributed by atoms with Gasteiger partial charge in [0.05, 0.1) is 18.1 Å². The van der Waals surface area contributed by atoms with E-state index in [1.54, 1.807) is 18.3 Å². The molecule has 0 atom stereocenters. The van der Waals surface area contributed by atoms with Crippen molar-refractivity contribution < 1.29 is 13.9 Å². The van der Waals surface area contributed by atoms with Crippen LogP contribution < -0.4 is 9.47 Å². The molecule has 0 aliphatic carbocycles. The van der Waals surface area contributed by atoms with Gasteiger partial charge in [0.1, 0.15) is 17.7 Å². The summed E-state index contributed by atoms with van der Waals surface area (Å²) in [4.78, 5) is 12.3. The Morgan fingerprint density at radius 1 is 1.08 bits per heavy atom. The van der Waals surface area contributed by atoms with Crippen molar-refractivity contribution in [2.75, 3.05) is 6.61 Å². The molecule has 24 heavy (non-hydrogen) atoms. The third-order valence-electron chi connectivity index (χ3n) is 3.36. The van der Waals surface area contributed by atoms with Gasteiger partial charge in [-0.2, -0.15) is 0 Å². The first-order valence-electron chi connectivity index (χ1n) is 7.77. The number of para-hydroxylation sites is 1. The van der Waals surface area contributed by atoms with Crippen molar-refractivity contribution in [3.05, 3.63) is 54.2 Å². The van der Waals surface area contributed by atoms with Crippen molar-refractivity contribution in [3.63, 3.8) is 0 Å². The number of rotatable bonds is 6. The number of pyridine rings is 1. The van der Waals surface area contributed by atoms with Crippen LogP contribution in [0.2, 0.25) is 0 Å². The highest BCUT2D eigenvalue weighted by Crippen LogP contribution is 2.23. The zero-order chi connectivity index (χ0) is 16.9. The third-order valence-corrected chi connectivity index (χ3v) is 3.36. The van der Waals surface area contributed by atoms with Crippen molar-refractivity contribution in [3.8, 4) is 11.8 Å². The predicted octanol–water partition coefficient (Wildman–Crippen LogP) is 3.57. The summed E-state index contributed by atoms with van der Waals surface area (Å²) in [6.45, 7) is 4.32. The van der Waals surface area contributed by atoms with E-state index in [1.807, 2.05) is 26.0 Å². The van der Waals surface area contributed by atoms with Crippen LogP contribution in [0.25, 0.3) is 10.9 Å². The summed E-state index contributed by atoms with van der Waals surface area (Å²) in [7, 11) is 0. The Balaban J connectivity index is 1.64. The SMILES string of the molecule is CC(C)Oc1ccc(CCOc2ncnc3c(F)cccc23)cn1. The van der Waals surface area contributed by atoms with Crippen molar-refractivity contribution in [2.45, 2.75) is 26.4 Å². The van der Waals surface area contributed by atoms with Gasteiger partial charge in [-0.05, 0) is 31.5 Å². The molecule has 0 aliphatic rings. The predicted molar refractivity (Wildman–Crippen MR) is 88.7 cm³/mol. The van der Waals surface area contributed by atoms with Crippen LogP contribution in [0.5, 0.6) is 11.8 Å². The molecule has 1 aromatic carbocycles. The molecular weight excluding hydrogens is 309 g/mol. The molecule has 0 aliphatic heterocycles. The zero-order valence-corrected chi connectivity index (χ0v) is 13.6. The fourth-order valence-corrected chi connectivity index (χ4v) is 2.28. The van der Waals surface area contributed by atoms with Gasteiger partial charge in [-0.3, -0.25) is 0 Å². The van der Waals surface area contributed by atoms with Gasteiger partial charge in [0.2, 0.25) is 11.8 Å². The largest absolute Gasteiger partial charge is 0.477 e. The molecule has 5 nitrogen and oxygen atoms in total. The molecule has 0 fully saturated rings. The van der Waals surface area contributed by atoms with Gasteiger partial charge < -0.3 is 9.47 Å². The highest BCUT2D eigenvalue weighted by atomic mass is 19.1. The quantitative estimate of drug-likeness (QED) is 0.693. The number of nitrogens with zero attached hydrogens (tertiary/aromatic N) is 3. The molecule has 0 saturated heterocycles. The maximum atomic E-state index is 13.7. The lowest BCUT2D eigenvalue weighted by molar-refractivity contribution is 0.232. The smallest absolute Gasteiger partial charge is 0.224 e. The second kappa shape index (κ2) is 7.21. The Bertz CT molecular complexity index is 822. The first-order chi connectivity index (χ1) is 11.6. The van der Waals surface area contributed by atoms with E-state index in [9.17, 15) is 4.39 Å². The second-order valence-corrected chi connectivity index (χ2v) is 5.58. The number of benzene rings is 1. The number of aromatic nitrogens is 3. The molecule has 0 amide bonds. The Morgan fingerprint density at radius 3 is 2.71 bits per heavy atom. The lowest BCUT2D eigenvalue weighted by atomic mass is 10.2. The van der Waals surface area contributed by atoms with Crippen molar-refractivity contribution in [2.24, 2.45) is 0 Å². The number of hydrogen-bond acceptors (Lipinski definition) is 5. The van der Waals surface area contributed by atoms with Crippen LogP contribution in [0.15, 0.2) is 42.9 Å². The molecule has 0 bridgehead atoms. The van der Waals surface area contributed by atoms with Crippen LogP contribution in [-0.4, -0.2) is 27.7 Å². The van der Waals surface area contributed by atoms with E-state index in [2.05, 4.69) is 15.0 Å². The van der Waals surface area contributed by atoms with E-state index < -0.39 is 0 Å². The highest BCUT2D eigenvalue weighted by Gasteiger charge is 2.08. The molecule has 2 aromatic heterocycles. The van der Waals surface area contributed by atoms with Crippen LogP contribution in [0.4, 0.5) is 4.39 Å². The van der Waals surface area contributed by atoms with Gasteiger partial charge in [0, 0.05) is 18.7 Å². The monoisotopic (exact) mass is 327 g/mol. The fourth-order valence-electron chi connectivity index (χ4n) is 2.28. The average Bonchev–Trinajstić information content (AvgIpc) is 2.57. The van der Waals surface area contributed by atoms with Gasteiger partial charge in [0.15, 0.2) is 0 Å². The molecule has 3 rings (SSSR count). The van der Waals surface area contributed by atoms with Gasteiger partial charge in [-0.25, -0.2) is 19.3 Å². The molecule has 6 heteroatoms. The molecular formula is C18H18FN3O2. The first-order valence-corrected chi connectivity index (χ1v) is 7.77. The van der Waals surface area contributed by atoms with Crippen molar-refractivity contribution >= 4 is 10.9 Å². The van der Waals surface area contributed by atoms with E-state index in [-0.39, 0.29) is 17.4 Å². The fraction of sp³-hybridized carbons (Fsp3) is 0.278. The summed E-state index contributed by atoms with van der Waals surface area (Å²) in [5.41, 5.74) is 1.29. The minimum Gasteiger partial charge on any atom is -0.477 e. The van der Waals surface area contributed by atoms with Crippen LogP contribution in [-0.2, 0) is 6.42 Å². The summed E-state index contributed by atoms with van der Waals surface area (Å²) in [6, 6.07) is 8.51. The Labute approximate surface area is 139 Å². The number of fused-ring (bicyclic) bond motifs is 1. The first kappa shape index (κ1) is 16.1. The standard InChI is InChI=1S/C18H18FN3O2/c1-12(2)24-16-7-6-13(10-20-16)8-9-23-18-14-4-3-5-15(19)17(14)21-11-22-18/h3-7,10-12H,8-9H2,1-2H3. The van der Waals surface area contributed by atoms with E-state index in [0.717, 1.165) is 5.56 Å². The summed E-state index contributed by atoms with van der Waals surface area (Å²) in [5.74, 6) is 0.601. The summed E-state index contributed by atoms with van der Waals surface area (Å²) >= 11 is 0. The molecule has 2 heterocycles. The summed E-state index contributed by atoms with van der Waals surface area (Å²) in [6.07, 6.45) is 3.83. The molecule has 0 N–H and O–H groups in total. The van der Waals surface area contributed by atoms with E-state index >= 15 is 0 Å². The Kier molecular flexibility index (Phi) is 4.84. The molecule has 0 saturated carbocycles. The normalized spacial score (nSPS) is 11.0. The Hall–Kier alpha value is -2.76. The minimum atomic E-state index is -0.385. The molecule has 3 aromatic rings. The number of halogens is 1. The maximum absolute atomic E-state index is 13.7. The lowest BCUT2D eigenvalue weighted by Gasteiger charge is -2.10. The topological polar surface area (TPSA) is 57.1 Å². The zero-order valence-electron chi connectivity index (χ0n) is 13.6.